The van der Waals surface area contributed by atoms with Crippen molar-refractivity contribution in [2.45, 2.75) is 69.4 Å². The molecule has 2 heterocycles. The van der Waals surface area contributed by atoms with E-state index in [9.17, 15) is 13.2 Å². The van der Waals surface area contributed by atoms with E-state index in [1.807, 2.05) is 0 Å². The number of hydrogen-bond donors (Lipinski definition) is 2. The van der Waals surface area contributed by atoms with Crippen LogP contribution < -0.4 is 10.0 Å². The standard InChI is InChI=1S/C19H32N4O5S/c1-14-17(16(3)28-21-14)29(25,26)22-15(2)18(24)20-13-19(7-5-4-6-8-19)23-9-11-27-12-10-23/h15,22H,4-13H2,1-3H3,(H,20,24)/t15-/m0/s1. The molecule has 2 aliphatic rings. The van der Waals surface area contributed by atoms with Crippen LogP contribution in [-0.4, -0.2) is 68.8 Å². The number of aromatic nitrogens is 1. The van der Waals surface area contributed by atoms with Gasteiger partial charge in [0.2, 0.25) is 15.9 Å². The molecule has 0 radical (unpaired) electrons. The third-order valence-corrected chi connectivity index (χ3v) is 7.80. The number of ether oxygens (including phenoxy) is 1. The van der Waals surface area contributed by atoms with Crippen LogP contribution in [0.5, 0.6) is 0 Å². The smallest absolute Gasteiger partial charge is 0.246 e. The Balaban J connectivity index is 1.63. The highest BCUT2D eigenvalue weighted by molar-refractivity contribution is 7.89. The second-order valence-corrected chi connectivity index (χ2v) is 9.75. The fraction of sp³-hybridized carbons (Fsp3) is 0.789. The van der Waals surface area contributed by atoms with E-state index in [0.717, 1.165) is 38.8 Å². The minimum atomic E-state index is -3.90. The molecule has 1 aliphatic heterocycles. The first-order valence-electron chi connectivity index (χ1n) is 10.3. The molecular weight excluding hydrogens is 396 g/mol. The van der Waals surface area contributed by atoms with Crippen LogP contribution in [0.1, 0.15) is 50.5 Å². The molecule has 2 fully saturated rings. The van der Waals surface area contributed by atoms with Crippen molar-refractivity contribution in [3.05, 3.63) is 11.5 Å². The van der Waals surface area contributed by atoms with Crippen LogP contribution >= 0.6 is 0 Å². The zero-order chi connectivity index (χ0) is 21.1. The second-order valence-electron chi connectivity index (χ2n) is 8.10. The molecule has 3 rings (SSSR count). The van der Waals surface area contributed by atoms with Crippen molar-refractivity contribution < 1.29 is 22.5 Å². The third-order valence-electron chi connectivity index (χ3n) is 6.02. The lowest BCUT2D eigenvalue weighted by Crippen LogP contribution is -2.60. The maximum Gasteiger partial charge on any atom is 0.246 e. The number of morpholine rings is 1. The van der Waals surface area contributed by atoms with Crippen LogP contribution in [0.2, 0.25) is 0 Å². The van der Waals surface area contributed by atoms with Crippen molar-refractivity contribution in [1.82, 2.24) is 20.1 Å². The number of aryl methyl sites for hydroxylation is 2. The molecule has 1 atom stereocenters. The summed E-state index contributed by atoms with van der Waals surface area (Å²) in [5.41, 5.74) is 0.203. The highest BCUT2D eigenvalue weighted by atomic mass is 32.2. The molecule has 0 unspecified atom stereocenters. The van der Waals surface area contributed by atoms with Crippen LogP contribution in [0.3, 0.4) is 0 Å². The average Bonchev–Trinajstić information content (AvgIpc) is 3.06. The number of nitrogens with one attached hydrogen (secondary N) is 2. The predicted molar refractivity (Wildman–Crippen MR) is 107 cm³/mol. The van der Waals surface area contributed by atoms with Gasteiger partial charge in [0.1, 0.15) is 10.6 Å². The van der Waals surface area contributed by atoms with Gasteiger partial charge in [0.25, 0.3) is 0 Å². The zero-order valence-corrected chi connectivity index (χ0v) is 18.3. The van der Waals surface area contributed by atoms with Gasteiger partial charge in [-0.25, -0.2) is 8.42 Å². The van der Waals surface area contributed by atoms with E-state index in [-0.39, 0.29) is 27.8 Å². The minimum Gasteiger partial charge on any atom is -0.379 e. The molecule has 29 heavy (non-hydrogen) atoms. The van der Waals surface area contributed by atoms with Gasteiger partial charge in [-0.2, -0.15) is 4.72 Å². The molecule has 0 aromatic carbocycles. The van der Waals surface area contributed by atoms with Gasteiger partial charge in [0, 0.05) is 25.2 Å². The zero-order valence-electron chi connectivity index (χ0n) is 17.5. The summed E-state index contributed by atoms with van der Waals surface area (Å²) in [5, 5.41) is 6.68. The van der Waals surface area contributed by atoms with Gasteiger partial charge >= 0.3 is 0 Å². The minimum absolute atomic E-state index is 0.00535. The Morgan fingerprint density at radius 2 is 1.86 bits per heavy atom. The Labute approximate surface area is 172 Å². The number of carbonyl (C=O) groups is 1. The molecule has 1 aromatic heterocycles. The van der Waals surface area contributed by atoms with Gasteiger partial charge in [0.15, 0.2) is 5.76 Å². The van der Waals surface area contributed by atoms with Gasteiger partial charge < -0.3 is 14.6 Å². The van der Waals surface area contributed by atoms with E-state index in [0.29, 0.717) is 19.8 Å². The summed E-state index contributed by atoms with van der Waals surface area (Å²) < 4.78 is 38.2. The van der Waals surface area contributed by atoms with Crippen molar-refractivity contribution in [1.29, 1.82) is 0 Å². The van der Waals surface area contributed by atoms with E-state index < -0.39 is 16.1 Å². The van der Waals surface area contributed by atoms with Crippen molar-refractivity contribution in [3.8, 4) is 0 Å². The van der Waals surface area contributed by atoms with Crippen LogP contribution in [0.15, 0.2) is 9.42 Å². The van der Waals surface area contributed by atoms with Crippen molar-refractivity contribution >= 4 is 15.9 Å². The van der Waals surface area contributed by atoms with E-state index >= 15 is 0 Å². The molecule has 0 spiro atoms. The number of amides is 1. The van der Waals surface area contributed by atoms with Crippen LogP contribution in [0, 0.1) is 13.8 Å². The Bertz CT molecular complexity index is 791. The summed E-state index contributed by atoms with van der Waals surface area (Å²) in [7, 11) is -3.90. The fourth-order valence-electron chi connectivity index (χ4n) is 4.46. The van der Waals surface area contributed by atoms with Crippen LogP contribution in [0.4, 0.5) is 0 Å². The van der Waals surface area contributed by atoms with Gasteiger partial charge in [-0.05, 0) is 33.6 Å². The first-order chi connectivity index (χ1) is 13.8. The lowest BCUT2D eigenvalue weighted by atomic mass is 9.79. The van der Waals surface area contributed by atoms with E-state index in [1.165, 1.54) is 13.3 Å². The maximum absolute atomic E-state index is 12.7. The summed E-state index contributed by atoms with van der Waals surface area (Å²) >= 11 is 0. The molecule has 1 amide bonds. The molecule has 164 valence electrons. The van der Waals surface area contributed by atoms with E-state index in [4.69, 9.17) is 9.26 Å². The van der Waals surface area contributed by atoms with Gasteiger partial charge in [0.05, 0.1) is 19.3 Å². The molecule has 10 heteroatoms. The lowest BCUT2D eigenvalue weighted by Gasteiger charge is -2.48. The Kier molecular flexibility index (Phi) is 6.98. The summed E-state index contributed by atoms with van der Waals surface area (Å²) in [6.45, 7) is 8.32. The normalized spacial score (nSPS) is 21.6. The Hall–Kier alpha value is -1.49. The fourth-order valence-corrected chi connectivity index (χ4v) is 5.99. The average molecular weight is 429 g/mol. The molecule has 1 saturated carbocycles. The highest BCUT2D eigenvalue weighted by Gasteiger charge is 2.39. The largest absolute Gasteiger partial charge is 0.379 e. The second kappa shape index (κ2) is 9.11. The van der Waals surface area contributed by atoms with Gasteiger partial charge in [-0.15, -0.1) is 0 Å². The molecule has 0 bridgehead atoms. The SMILES string of the molecule is Cc1noc(C)c1S(=O)(=O)N[C@@H](C)C(=O)NCC1(N2CCOCC2)CCCCC1. The van der Waals surface area contributed by atoms with Gasteiger partial charge in [-0.3, -0.25) is 9.69 Å². The third kappa shape index (κ3) is 4.99. The lowest BCUT2D eigenvalue weighted by molar-refractivity contribution is -0.123. The van der Waals surface area contributed by atoms with Crippen LogP contribution in [-0.2, 0) is 19.6 Å². The monoisotopic (exact) mass is 428 g/mol. The molecule has 1 aliphatic carbocycles. The number of rotatable bonds is 7. The Morgan fingerprint density at radius 1 is 1.21 bits per heavy atom. The van der Waals surface area contributed by atoms with Crippen molar-refractivity contribution in [2.75, 3.05) is 32.8 Å². The Morgan fingerprint density at radius 3 is 2.45 bits per heavy atom. The number of carbonyl (C=O) groups excluding carboxylic acids is 1. The van der Waals surface area contributed by atoms with Gasteiger partial charge in [-0.1, -0.05) is 24.4 Å². The van der Waals surface area contributed by atoms with Crippen LogP contribution in [0.25, 0.3) is 0 Å². The summed E-state index contributed by atoms with van der Waals surface area (Å²) in [5.74, 6) is -0.130. The number of nitrogens with zero attached hydrogens (tertiary/aromatic N) is 2. The quantitative estimate of drug-likeness (QED) is 0.669. The molecule has 2 N–H and O–H groups in total. The number of sulfonamides is 1. The highest BCUT2D eigenvalue weighted by Crippen LogP contribution is 2.33. The van der Waals surface area contributed by atoms with Crippen molar-refractivity contribution in [2.24, 2.45) is 0 Å². The predicted octanol–water partition coefficient (Wildman–Crippen LogP) is 1.11. The maximum atomic E-state index is 12.7. The number of hydrogen-bond acceptors (Lipinski definition) is 7. The summed E-state index contributed by atoms with van der Waals surface area (Å²) in [6.07, 6.45) is 5.56. The van der Waals surface area contributed by atoms with Crippen molar-refractivity contribution in [3.63, 3.8) is 0 Å². The first kappa shape index (κ1) is 22.2. The molecule has 9 nitrogen and oxygen atoms in total. The van der Waals surface area contributed by atoms with E-state index in [1.54, 1.807) is 13.8 Å². The first-order valence-corrected chi connectivity index (χ1v) is 11.8. The molecular formula is C19H32N4O5S. The van der Waals surface area contributed by atoms with E-state index in [2.05, 4.69) is 20.1 Å². The summed E-state index contributed by atoms with van der Waals surface area (Å²) in [4.78, 5) is 15.1. The topological polar surface area (TPSA) is 114 Å². The molecule has 1 saturated heterocycles. The summed E-state index contributed by atoms with van der Waals surface area (Å²) in [6, 6.07) is -0.904. The molecule has 1 aromatic rings.